The third kappa shape index (κ3) is 3.63. The number of hydrogen-bond acceptors (Lipinski definition) is 4. The second-order valence-electron chi connectivity index (χ2n) is 8.06. The summed E-state index contributed by atoms with van der Waals surface area (Å²) in [5.41, 5.74) is 0.344. The summed E-state index contributed by atoms with van der Waals surface area (Å²) in [6.45, 7) is 2.76. The molecular weight excluding hydrogens is 357 g/mol. The minimum Gasteiger partial charge on any atom is -0.504 e. The highest BCUT2D eigenvalue weighted by atomic mass is 19.1. The minimum atomic E-state index is -1.87. The summed E-state index contributed by atoms with van der Waals surface area (Å²) in [4.78, 5) is 15.1. The molecule has 0 amide bonds. The van der Waals surface area contributed by atoms with Gasteiger partial charge in [0.1, 0.15) is 0 Å². The Bertz CT molecular complexity index is 862. The Kier molecular flexibility index (Phi) is 5.11. The Morgan fingerprint density at radius 1 is 1.21 bits per heavy atom. The van der Waals surface area contributed by atoms with Crippen molar-refractivity contribution in [2.45, 2.75) is 37.9 Å². The molecule has 1 heterocycles. The lowest BCUT2D eigenvalue weighted by molar-refractivity contribution is 0.0587. The zero-order valence-electron chi connectivity index (χ0n) is 16.2. The maximum absolute atomic E-state index is 15.6. The normalized spacial score (nSPS) is 23.0. The van der Waals surface area contributed by atoms with Gasteiger partial charge in [-0.3, -0.25) is 9.69 Å². The van der Waals surface area contributed by atoms with Crippen LogP contribution in [0.4, 0.5) is 4.39 Å². The highest BCUT2D eigenvalue weighted by molar-refractivity contribution is 6.07. The molecular formula is C23H26FNO3. The summed E-state index contributed by atoms with van der Waals surface area (Å²) in [5.74, 6) is -0.101. The van der Waals surface area contributed by atoms with E-state index in [1.807, 2.05) is 18.2 Å². The molecule has 148 valence electrons. The first-order chi connectivity index (χ1) is 13.5. The molecule has 2 aliphatic rings. The molecule has 0 radical (unpaired) electrons. The number of ether oxygens (including phenoxy) is 1. The van der Waals surface area contributed by atoms with Gasteiger partial charge in [0.15, 0.2) is 17.2 Å². The molecule has 4 nitrogen and oxygen atoms in total. The van der Waals surface area contributed by atoms with E-state index in [0.29, 0.717) is 11.1 Å². The third-order valence-corrected chi connectivity index (χ3v) is 6.10. The molecule has 1 atom stereocenters. The summed E-state index contributed by atoms with van der Waals surface area (Å²) < 4.78 is 20.7. The standard InChI is InChI=1S/C23H26FNO3/c1-28-21-12-19-18(11-20(21)26)14-23(24,22(19)27)13-16-7-9-25(10-8-16)15-17-5-3-2-4-6-17/h2-6,11-12,16,26H,7-10,13-15H2,1H3. The number of hydrogen-bond donors (Lipinski definition) is 1. The molecule has 0 aromatic heterocycles. The van der Waals surface area contributed by atoms with Gasteiger partial charge in [-0.15, -0.1) is 0 Å². The Labute approximate surface area is 164 Å². The molecule has 4 rings (SSSR count). The number of carbonyl (C=O) groups is 1. The first-order valence-electron chi connectivity index (χ1n) is 9.88. The molecule has 0 spiro atoms. The zero-order valence-corrected chi connectivity index (χ0v) is 16.2. The lowest BCUT2D eigenvalue weighted by Crippen LogP contribution is -2.38. The number of carbonyl (C=O) groups excluding carboxylic acids is 1. The highest BCUT2D eigenvalue weighted by Gasteiger charge is 2.48. The van der Waals surface area contributed by atoms with Gasteiger partial charge < -0.3 is 9.84 Å². The first-order valence-corrected chi connectivity index (χ1v) is 9.88. The van der Waals surface area contributed by atoms with Gasteiger partial charge in [-0.05, 0) is 61.5 Å². The van der Waals surface area contributed by atoms with Crippen LogP contribution in [0.2, 0.25) is 0 Å². The average molecular weight is 383 g/mol. The van der Waals surface area contributed by atoms with Crippen molar-refractivity contribution in [3.05, 3.63) is 59.2 Å². The van der Waals surface area contributed by atoms with Crippen molar-refractivity contribution >= 4 is 5.78 Å². The molecule has 1 aliphatic heterocycles. The number of nitrogens with zero attached hydrogens (tertiary/aromatic N) is 1. The van der Waals surface area contributed by atoms with Crippen molar-refractivity contribution in [3.63, 3.8) is 0 Å². The molecule has 1 fully saturated rings. The van der Waals surface area contributed by atoms with E-state index in [-0.39, 0.29) is 30.3 Å². The van der Waals surface area contributed by atoms with Gasteiger partial charge in [-0.25, -0.2) is 4.39 Å². The summed E-state index contributed by atoms with van der Waals surface area (Å²) in [7, 11) is 1.42. The smallest absolute Gasteiger partial charge is 0.200 e. The van der Waals surface area contributed by atoms with Gasteiger partial charge in [0.2, 0.25) is 5.78 Å². The Morgan fingerprint density at radius 3 is 2.61 bits per heavy atom. The molecule has 28 heavy (non-hydrogen) atoms. The number of piperidine rings is 1. The van der Waals surface area contributed by atoms with Gasteiger partial charge in [0, 0.05) is 18.5 Å². The number of alkyl halides is 1. The van der Waals surface area contributed by atoms with Crippen LogP contribution in [0.1, 0.15) is 40.7 Å². The van der Waals surface area contributed by atoms with E-state index in [4.69, 9.17) is 4.74 Å². The second kappa shape index (κ2) is 7.55. The average Bonchev–Trinajstić information content (AvgIpc) is 2.93. The zero-order chi connectivity index (χ0) is 19.7. The Balaban J connectivity index is 1.38. The van der Waals surface area contributed by atoms with E-state index in [1.54, 1.807) is 0 Å². The molecule has 2 aromatic carbocycles. The van der Waals surface area contributed by atoms with Crippen LogP contribution in [-0.2, 0) is 13.0 Å². The highest BCUT2D eigenvalue weighted by Crippen LogP contribution is 2.43. The van der Waals surface area contributed by atoms with Gasteiger partial charge in [-0.2, -0.15) is 0 Å². The number of phenols is 1. The number of halogens is 1. The Hall–Kier alpha value is -2.40. The largest absolute Gasteiger partial charge is 0.504 e. The summed E-state index contributed by atoms with van der Waals surface area (Å²) >= 11 is 0. The van der Waals surface area contributed by atoms with Crippen molar-refractivity contribution < 1.29 is 19.0 Å². The predicted molar refractivity (Wildman–Crippen MR) is 106 cm³/mol. The quantitative estimate of drug-likeness (QED) is 0.843. The number of aromatic hydroxyl groups is 1. The number of phenolic OH excluding ortho intramolecular Hbond substituents is 1. The maximum atomic E-state index is 15.6. The molecule has 1 aliphatic carbocycles. The fourth-order valence-electron chi connectivity index (χ4n) is 4.57. The molecule has 5 heteroatoms. The van der Waals surface area contributed by atoms with Gasteiger partial charge in [0.25, 0.3) is 0 Å². The van der Waals surface area contributed by atoms with E-state index < -0.39 is 11.5 Å². The number of fused-ring (bicyclic) bond motifs is 1. The number of Topliss-reactive ketones (excluding diaryl/α,β-unsaturated/α-hetero) is 1. The van der Waals surface area contributed by atoms with Crippen LogP contribution < -0.4 is 4.74 Å². The molecule has 1 saturated heterocycles. The van der Waals surface area contributed by atoms with E-state index in [2.05, 4.69) is 17.0 Å². The van der Waals surface area contributed by atoms with Crippen LogP contribution in [0.5, 0.6) is 11.5 Å². The van der Waals surface area contributed by atoms with Crippen molar-refractivity contribution in [1.82, 2.24) is 4.90 Å². The minimum absolute atomic E-state index is 0.0446. The monoisotopic (exact) mass is 383 g/mol. The molecule has 1 N–H and O–H groups in total. The van der Waals surface area contributed by atoms with E-state index in [1.165, 1.54) is 24.8 Å². The second-order valence-corrected chi connectivity index (χ2v) is 8.06. The van der Waals surface area contributed by atoms with Crippen molar-refractivity contribution in [2.75, 3.05) is 20.2 Å². The first kappa shape index (κ1) is 18.9. The lowest BCUT2D eigenvalue weighted by atomic mass is 9.83. The van der Waals surface area contributed by atoms with Crippen LogP contribution in [0.3, 0.4) is 0 Å². The summed E-state index contributed by atoms with van der Waals surface area (Å²) in [6.07, 6.45) is 2.10. The third-order valence-electron chi connectivity index (χ3n) is 6.10. The fraction of sp³-hybridized carbons (Fsp3) is 0.435. The molecule has 0 saturated carbocycles. The van der Waals surface area contributed by atoms with Crippen LogP contribution >= 0.6 is 0 Å². The van der Waals surface area contributed by atoms with Gasteiger partial charge >= 0.3 is 0 Å². The SMILES string of the molecule is COc1cc2c(cc1O)CC(F)(CC1CCN(Cc3ccccc3)CC1)C2=O. The van der Waals surface area contributed by atoms with Crippen molar-refractivity contribution in [2.24, 2.45) is 5.92 Å². The number of ketones is 1. The lowest BCUT2D eigenvalue weighted by Gasteiger charge is -2.34. The fourth-order valence-corrected chi connectivity index (χ4v) is 4.57. The summed E-state index contributed by atoms with van der Waals surface area (Å²) in [6, 6.07) is 13.3. The van der Waals surface area contributed by atoms with Crippen molar-refractivity contribution in [3.8, 4) is 11.5 Å². The molecule has 1 unspecified atom stereocenters. The van der Waals surface area contributed by atoms with Crippen LogP contribution in [0, 0.1) is 5.92 Å². The van der Waals surface area contributed by atoms with E-state index >= 15 is 4.39 Å². The maximum Gasteiger partial charge on any atom is 0.200 e. The van der Waals surface area contributed by atoms with E-state index in [0.717, 1.165) is 32.5 Å². The number of methoxy groups -OCH3 is 1. The topological polar surface area (TPSA) is 49.8 Å². The van der Waals surface area contributed by atoms with Crippen LogP contribution in [-0.4, -0.2) is 41.7 Å². The number of benzene rings is 2. The van der Waals surface area contributed by atoms with Gasteiger partial charge in [-0.1, -0.05) is 30.3 Å². The van der Waals surface area contributed by atoms with Crippen LogP contribution in [0.25, 0.3) is 0 Å². The number of likely N-dealkylation sites (tertiary alicyclic amines) is 1. The summed E-state index contributed by atoms with van der Waals surface area (Å²) in [5, 5.41) is 9.94. The van der Waals surface area contributed by atoms with E-state index in [9.17, 15) is 9.90 Å². The predicted octanol–water partition coefficient (Wildman–Crippen LogP) is 4.15. The Morgan fingerprint density at radius 2 is 1.93 bits per heavy atom. The van der Waals surface area contributed by atoms with Crippen molar-refractivity contribution in [1.29, 1.82) is 0 Å². The van der Waals surface area contributed by atoms with Crippen LogP contribution in [0.15, 0.2) is 42.5 Å². The molecule has 0 bridgehead atoms. The molecule has 2 aromatic rings. The number of rotatable bonds is 5. The van der Waals surface area contributed by atoms with Gasteiger partial charge in [0.05, 0.1) is 7.11 Å².